The molecule has 1 aliphatic heterocycles. The van der Waals surface area contributed by atoms with Gasteiger partial charge in [0.25, 0.3) is 0 Å². The van der Waals surface area contributed by atoms with Crippen molar-refractivity contribution in [2.24, 2.45) is 0 Å². The Labute approximate surface area is 142 Å². The second-order valence-corrected chi connectivity index (χ2v) is 6.80. The number of likely N-dealkylation sites (tertiary alicyclic amines) is 1. The van der Waals surface area contributed by atoms with E-state index in [4.69, 9.17) is 17.3 Å². The van der Waals surface area contributed by atoms with Crippen molar-refractivity contribution in [2.75, 3.05) is 18.8 Å². The van der Waals surface area contributed by atoms with Crippen molar-refractivity contribution in [2.45, 2.75) is 32.4 Å². The number of nitrogens with zero attached hydrogens (tertiary/aromatic N) is 1. The van der Waals surface area contributed by atoms with E-state index in [1.807, 2.05) is 13.0 Å². The number of hydrogen-bond acceptors (Lipinski definition) is 3. The molecule has 1 saturated heterocycles. The highest BCUT2D eigenvalue weighted by atomic mass is 35.5. The predicted octanol–water partition coefficient (Wildman–Crippen LogP) is 3.85. The van der Waals surface area contributed by atoms with Gasteiger partial charge in [-0.05, 0) is 60.2 Å². The Morgan fingerprint density at radius 1 is 1.17 bits per heavy atom. The molecule has 0 saturated carbocycles. The zero-order valence-corrected chi connectivity index (χ0v) is 14.2. The smallest absolute Gasteiger partial charge is 0.0644 e. The van der Waals surface area contributed by atoms with Crippen molar-refractivity contribution in [1.82, 2.24) is 4.90 Å². The van der Waals surface area contributed by atoms with E-state index in [1.54, 1.807) is 0 Å². The molecule has 0 atom stereocenters. The Bertz CT molecular complexity index is 671. The highest BCUT2D eigenvalue weighted by Gasteiger charge is 2.17. The summed E-state index contributed by atoms with van der Waals surface area (Å²) >= 11 is 6.22. The van der Waals surface area contributed by atoms with Gasteiger partial charge in [-0.3, -0.25) is 4.90 Å². The maximum Gasteiger partial charge on any atom is 0.0644 e. The van der Waals surface area contributed by atoms with Gasteiger partial charge in [0, 0.05) is 19.6 Å². The molecule has 3 nitrogen and oxygen atoms in total. The van der Waals surface area contributed by atoms with E-state index < -0.39 is 0 Å². The minimum atomic E-state index is -0.127. The maximum absolute atomic E-state index is 9.61. The Morgan fingerprint density at radius 2 is 1.91 bits per heavy atom. The van der Waals surface area contributed by atoms with E-state index in [0.717, 1.165) is 49.2 Å². The molecule has 1 fully saturated rings. The molecule has 0 amide bonds. The standard InChI is InChI=1S/C19H23ClN2O/c1-13-9-16(11-18(20)19(13)21)15-4-2-3-14(10-15)12-22-7-5-17(23)6-8-22/h2-4,9-11,17,23H,5-8,12,21H2,1H3. The molecule has 1 aliphatic rings. The molecule has 1 heterocycles. The average Bonchev–Trinajstić information content (AvgIpc) is 2.54. The summed E-state index contributed by atoms with van der Waals surface area (Å²) in [4.78, 5) is 2.40. The third-order valence-electron chi connectivity index (χ3n) is 4.56. The lowest BCUT2D eigenvalue weighted by Crippen LogP contribution is -2.35. The van der Waals surface area contributed by atoms with Crippen LogP contribution in [-0.4, -0.2) is 29.2 Å². The molecule has 23 heavy (non-hydrogen) atoms. The molecule has 0 aromatic heterocycles. The largest absolute Gasteiger partial charge is 0.397 e. The Balaban J connectivity index is 1.80. The van der Waals surface area contributed by atoms with Gasteiger partial charge in [-0.25, -0.2) is 0 Å². The third kappa shape index (κ3) is 3.86. The number of piperidine rings is 1. The number of hydrogen-bond donors (Lipinski definition) is 2. The molecule has 3 rings (SSSR count). The second kappa shape index (κ2) is 6.91. The molecule has 0 bridgehead atoms. The number of nitrogens with two attached hydrogens (primary N) is 1. The summed E-state index contributed by atoms with van der Waals surface area (Å²) < 4.78 is 0. The van der Waals surface area contributed by atoms with E-state index in [2.05, 4.69) is 35.2 Å². The van der Waals surface area contributed by atoms with Gasteiger partial charge in [0.2, 0.25) is 0 Å². The Kier molecular flexibility index (Phi) is 4.90. The molecule has 2 aromatic carbocycles. The highest BCUT2D eigenvalue weighted by molar-refractivity contribution is 6.33. The van der Waals surface area contributed by atoms with E-state index >= 15 is 0 Å². The summed E-state index contributed by atoms with van der Waals surface area (Å²) in [5.41, 5.74) is 11.1. The van der Waals surface area contributed by atoms with Crippen molar-refractivity contribution < 1.29 is 5.11 Å². The maximum atomic E-state index is 9.61. The van der Waals surface area contributed by atoms with Crippen LogP contribution >= 0.6 is 11.6 Å². The molecule has 2 aromatic rings. The Morgan fingerprint density at radius 3 is 2.61 bits per heavy atom. The van der Waals surface area contributed by atoms with Crippen LogP contribution in [0.2, 0.25) is 5.02 Å². The van der Waals surface area contributed by atoms with Crippen molar-refractivity contribution in [1.29, 1.82) is 0 Å². The first kappa shape index (κ1) is 16.3. The van der Waals surface area contributed by atoms with Crippen LogP contribution in [0.4, 0.5) is 5.69 Å². The predicted molar refractivity (Wildman–Crippen MR) is 96.6 cm³/mol. The van der Waals surface area contributed by atoms with Crippen molar-refractivity contribution in [3.63, 3.8) is 0 Å². The lowest BCUT2D eigenvalue weighted by atomic mass is 10.00. The van der Waals surface area contributed by atoms with Crippen LogP contribution in [-0.2, 0) is 6.54 Å². The molecular formula is C19H23ClN2O. The van der Waals surface area contributed by atoms with E-state index in [9.17, 15) is 5.11 Å². The van der Waals surface area contributed by atoms with Gasteiger partial charge in [-0.1, -0.05) is 29.8 Å². The lowest BCUT2D eigenvalue weighted by molar-refractivity contribution is 0.0792. The van der Waals surface area contributed by atoms with Crippen LogP contribution in [0.25, 0.3) is 11.1 Å². The fraction of sp³-hybridized carbons (Fsp3) is 0.368. The zero-order chi connectivity index (χ0) is 16.4. The molecule has 3 N–H and O–H groups in total. The topological polar surface area (TPSA) is 49.5 Å². The molecule has 0 spiro atoms. The second-order valence-electron chi connectivity index (χ2n) is 6.40. The van der Waals surface area contributed by atoms with Crippen molar-refractivity contribution in [3.05, 3.63) is 52.5 Å². The lowest BCUT2D eigenvalue weighted by Gasteiger charge is -2.29. The van der Waals surface area contributed by atoms with E-state index in [0.29, 0.717) is 10.7 Å². The first-order chi connectivity index (χ1) is 11.0. The number of benzene rings is 2. The Hall–Kier alpha value is -1.55. The summed E-state index contributed by atoms with van der Waals surface area (Å²) in [6.07, 6.45) is 1.61. The summed E-state index contributed by atoms with van der Waals surface area (Å²) in [5.74, 6) is 0. The molecular weight excluding hydrogens is 308 g/mol. The number of aryl methyl sites for hydroxylation is 1. The van der Waals surface area contributed by atoms with Gasteiger partial charge >= 0.3 is 0 Å². The van der Waals surface area contributed by atoms with Crippen LogP contribution in [0.15, 0.2) is 36.4 Å². The number of aliphatic hydroxyl groups is 1. The highest BCUT2D eigenvalue weighted by Crippen LogP contribution is 2.30. The van der Waals surface area contributed by atoms with Gasteiger partial charge < -0.3 is 10.8 Å². The number of anilines is 1. The summed E-state index contributed by atoms with van der Waals surface area (Å²) in [7, 11) is 0. The summed E-state index contributed by atoms with van der Waals surface area (Å²) in [6.45, 7) is 4.81. The van der Waals surface area contributed by atoms with Gasteiger partial charge in [-0.2, -0.15) is 0 Å². The van der Waals surface area contributed by atoms with E-state index in [1.165, 1.54) is 5.56 Å². The number of rotatable bonds is 3. The number of halogens is 1. The molecule has 0 unspecified atom stereocenters. The first-order valence-electron chi connectivity index (χ1n) is 8.08. The molecule has 4 heteroatoms. The van der Waals surface area contributed by atoms with Crippen molar-refractivity contribution in [3.8, 4) is 11.1 Å². The average molecular weight is 331 g/mol. The number of nitrogen functional groups attached to an aromatic ring is 1. The number of aliphatic hydroxyl groups excluding tert-OH is 1. The normalized spacial score (nSPS) is 16.7. The van der Waals surface area contributed by atoms with Crippen molar-refractivity contribution >= 4 is 17.3 Å². The fourth-order valence-corrected chi connectivity index (χ4v) is 3.37. The SMILES string of the molecule is Cc1cc(-c2cccc(CN3CCC(O)CC3)c2)cc(Cl)c1N. The van der Waals surface area contributed by atoms with Crippen LogP contribution in [0.5, 0.6) is 0 Å². The zero-order valence-electron chi connectivity index (χ0n) is 13.4. The minimum Gasteiger partial charge on any atom is -0.397 e. The van der Waals surface area contributed by atoms with E-state index in [-0.39, 0.29) is 6.10 Å². The van der Waals surface area contributed by atoms with Gasteiger partial charge in [0.1, 0.15) is 0 Å². The quantitative estimate of drug-likeness (QED) is 0.840. The van der Waals surface area contributed by atoms with Gasteiger partial charge in [0.05, 0.1) is 16.8 Å². The first-order valence-corrected chi connectivity index (χ1v) is 8.46. The van der Waals surface area contributed by atoms with Gasteiger partial charge in [0.15, 0.2) is 0 Å². The summed E-state index contributed by atoms with van der Waals surface area (Å²) in [6, 6.07) is 12.6. The van der Waals surface area contributed by atoms with Gasteiger partial charge in [-0.15, -0.1) is 0 Å². The molecule has 0 radical (unpaired) electrons. The molecule has 0 aliphatic carbocycles. The van der Waals surface area contributed by atoms with Crippen LogP contribution in [0.1, 0.15) is 24.0 Å². The third-order valence-corrected chi connectivity index (χ3v) is 4.87. The fourth-order valence-electron chi connectivity index (χ4n) is 3.11. The minimum absolute atomic E-state index is 0.127. The molecule has 122 valence electrons. The monoisotopic (exact) mass is 330 g/mol. The summed E-state index contributed by atoms with van der Waals surface area (Å²) in [5, 5.41) is 10.2. The van der Waals surface area contributed by atoms with Crippen LogP contribution in [0.3, 0.4) is 0 Å². The van der Waals surface area contributed by atoms with Crippen LogP contribution < -0.4 is 5.73 Å². The van der Waals surface area contributed by atoms with Crippen LogP contribution in [0, 0.1) is 6.92 Å².